The lowest BCUT2D eigenvalue weighted by Crippen LogP contribution is -2.25. The summed E-state index contributed by atoms with van der Waals surface area (Å²) in [6.45, 7) is 2.27. The zero-order chi connectivity index (χ0) is 28.9. The van der Waals surface area contributed by atoms with Gasteiger partial charge in [-0.3, -0.25) is 0 Å². The first-order valence-corrected chi connectivity index (χ1v) is 15.6. The molecule has 0 aromatic heterocycles. The number of benzene rings is 2. The Labute approximate surface area is 256 Å². The maximum absolute atomic E-state index is 10.6. The number of nitrogens with zero attached hydrogens (tertiary/aromatic N) is 3. The van der Waals surface area contributed by atoms with Crippen LogP contribution in [0.1, 0.15) is 114 Å². The summed E-state index contributed by atoms with van der Waals surface area (Å²) in [5.74, 6) is 1.74. The van der Waals surface area contributed by atoms with Gasteiger partial charge in [0.05, 0.1) is 31.7 Å². The first-order chi connectivity index (χ1) is 19.6. The summed E-state index contributed by atoms with van der Waals surface area (Å²) in [4.78, 5) is 0. The van der Waals surface area contributed by atoms with Crippen molar-refractivity contribution in [3.63, 3.8) is 0 Å². The van der Waals surface area contributed by atoms with Gasteiger partial charge in [-0.2, -0.15) is 15.5 Å². The van der Waals surface area contributed by atoms with Crippen molar-refractivity contribution in [1.29, 1.82) is 5.26 Å². The molecule has 0 amide bonds. The van der Waals surface area contributed by atoms with Gasteiger partial charge in [0.15, 0.2) is 0 Å². The summed E-state index contributed by atoms with van der Waals surface area (Å²) in [5, 5.41) is 19.3. The molecular formula is C35H54ClN3O2. The van der Waals surface area contributed by atoms with Gasteiger partial charge < -0.3 is 9.47 Å². The monoisotopic (exact) mass is 583 g/mol. The average molecular weight is 584 g/mol. The SMILES string of the molecule is CCCCCCCCCCCCC(C#N)(CCCC(CCc1ccccc1OC)N=NC)c1ccccc1OC.Cl. The lowest BCUT2D eigenvalue weighted by molar-refractivity contribution is 0.365. The minimum atomic E-state index is -0.552. The number of azo groups is 1. The smallest absolute Gasteiger partial charge is 0.123 e. The summed E-state index contributed by atoms with van der Waals surface area (Å²) in [6, 6.07) is 19.2. The quantitative estimate of drug-likeness (QED) is 0.102. The zero-order valence-corrected chi connectivity index (χ0v) is 26.9. The number of para-hydroxylation sites is 2. The van der Waals surface area contributed by atoms with E-state index in [2.05, 4.69) is 41.4 Å². The summed E-state index contributed by atoms with van der Waals surface area (Å²) in [6.07, 6.45) is 18.2. The van der Waals surface area contributed by atoms with Crippen molar-refractivity contribution in [1.82, 2.24) is 0 Å². The van der Waals surface area contributed by atoms with Gasteiger partial charge >= 0.3 is 0 Å². The van der Waals surface area contributed by atoms with E-state index in [0.717, 1.165) is 62.0 Å². The first kappa shape index (κ1) is 36.4. The van der Waals surface area contributed by atoms with Crippen molar-refractivity contribution in [2.24, 2.45) is 10.2 Å². The van der Waals surface area contributed by atoms with E-state index in [1.807, 2.05) is 30.3 Å². The largest absolute Gasteiger partial charge is 0.496 e. The van der Waals surface area contributed by atoms with Crippen molar-refractivity contribution >= 4 is 12.4 Å². The van der Waals surface area contributed by atoms with E-state index in [-0.39, 0.29) is 18.4 Å². The molecule has 0 heterocycles. The van der Waals surface area contributed by atoms with Crippen LogP contribution in [0.3, 0.4) is 0 Å². The lowest BCUT2D eigenvalue weighted by atomic mass is 9.73. The molecule has 0 radical (unpaired) electrons. The molecule has 0 saturated heterocycles. The number of methoxy groups -OCH3 is 2. The van der Waals surface area contributed by atoms with Crippen molar-refractivity contribution in [2.75, 3.05) is 21.3 Å². The van der Waals surface area contributed by atoms with Gasteiger partial charge in [-0.05, 0) is 56.2 Å². The molecule has 228 valence electrons. The number of unbranched alkanes of at least 4 members (excludes halogenated alkanes) is 9. The maximum atomic E-state index is 10.6. The molecule has 2 aromatic rings. The highest BCUT2D eigenvalue weighted by atomic mass is 35.5. The molecule has 41 heavy (non-hydrogen) atoms. The van der Waals surface area contributed by atoms with E-state index >= 15 is 0 Å². The molecule has 0 aliphatic carbocycles. The number of rotatable bonds is 22. The number of nitriles is 1. The summed E-state index contributed by atoms with van der Waals surface area (Å²) < 4.78 is 11.3. The molecule has 0 fully saturated rings. The normalized spacial score (nSPS) is 13.2. The number of ether oxygens (including phenoxy) is 2. The fourth-order valence-electron chi connectivity index (χ4n) is 5.81. The van der Waals surface area contributed by atoms with Crippen LogP contribution >= 0.6 is 12.4 Å². The maximum Gasteiger partial charge on any atom is 0.123 e. The molecule has 2 rings (SSSR count). The number of aryl methyl sites for hydroxylation is 1. The van der Waals surface area contributed by atoms with Crippen molar-refractivity contribution in [2.45, 2.75) is 121 Å². The van der Waals surface area contributed by atoms with Crippen LogP contribution in [0.25, 0.3) is 0 Å². The van der Waals surface area contributed by atoms with Gasteiger partial charge in [-0.15, -0.1) is 12.4 Å². The van der Waals surface area contributed by atoms with E-state index in [4.69, 9.17) is 9.47 Å². The highest BCUT2D eigenvalue weighted by Gasteiger charge is 2.34. The lowest BCUT2D eigenvalue weighted by Gasteiger charge is -2.29. The van der Waals surface area contributed by atoms with Crippen LogP contribution in [0.4, 0.5) is 0 Å². The number of halogens is 1. The molecule has 0 saturated carbocycles. The van der Waals surface area contributed by atoms with Gasteiger partial charge in [0.25, 0.3) is 0 Å². The Morgan fingerprint density at radius 3 is 1.93 bits per heavy atom. The fraction of sp³-hybridized carbons (Fsp3) is 0.629. The Morgan fingerprint density at radius 1 is 0.756 bits per heavy atom. The zero-order valence-electron chi connectivity index (χ0n) is 26.1. The van der Waals surface area contributed by atoms with Crippen molar-refractivity contribution in [3.05, 3.63) is 59.7 Å². The van der Waals surface area contributed by atoms with Gasteiger partial charge in [-0.25, -0.2) is 0 Å². The Hall–Kier alpha value is -2.58. The third-order valence-electron chi connectivity index (χ3n) is 8.15. The minimum absolute atomic E-state index is 0. The van der Waals surface area contributed by atoms with Crippen LogP contribution in [-0.4, -0.2) is 27.3 Å². The molecule has 0 aliphatic heterocycles. The van der Waals surface area contributed by atoms with Gasteiger partial charge in [0.1, 0.15) is 11.5 Å². The Morgan fingerprint density at radius 2 is 1.32 bits per heavy atom. The molecule has 6 heteroatoms. The Bertz CT molecular complexity index is 1020. The average Bonchev–Trinajstić information content (AvgIpc) is 3.00. The summed E-state index contributed by atoms with van der Waals surface area (Å²) >= 11 is 0. The van der Waals surface area contributed by atoms with E-state index in [1.165, 1.54) is 63.4 Å². The second kappa shape index (κ2) is 22.1. The second-order valence-electron chi connectivity index (χ2n) is 11.0. The molecule has 0 spiro atoms. The van der Waals surface area contributed by atoms with Crippen LogP contribution in [0.15, 0.2) is 58.8 Å². The molecule has 2 aromatic carbocycles. The molecule has 0 bridgehead atoms. The molecule has 2 unspecified atom stereocenters. The number of hydrogen-bond acceptors (Lipinski definition) is 5. The fourth-order valence-corrected chi connectivity index (χ4v) is 5.81. The molecule has 2 atom stereocenters. The Kier molecular flexibility index (Phi) is 19.6. The van der Waals surface area contributed by atoms with Crippen LogP contribution in [0.2, 0.25) is 0 Å². The highest BCUT2D eigenvalue weighted by Crippen LogP contribution is 2.40. The summed E-state index contributed by atoms with van der Waals surface area (Å²) in [5.41, 5.74) is 1.67. The predicted molar refractivity (Wildman–Crippen MR) is 174 cm³/mol. The van der Waals surface area contributed by atoms with Gasteiger partial charge in [-0.1, -0.05) is 108 Å². The van der Waals surface area contributed by atoms with Crippen molar-refractivity contribution < 1.29 is 9.47 Å². The predicted octanol–water partition coefficient (Wildman–Crippen LogP) is 10.5. The van der Waals surface area contributed by atoms with Crippen LogP contribution in [-0.2, 0) is 11.8 Å². The topological polar surface area (TPSA) is 67.0 Å². The van der Waals surface area contributed by atoms with Crippen LogP contribution < -0.4 is 9.47 Å². The minimum Gasteiger partial charge on any atom is -0.496 e. The second-order valence-corrected chi connectivity index (χ2v) is 11.0. The van der Waals surface area contributed by atoms with E-state index in [9.17, 15) is 5.26 Å². The van der Waals surface area contributed by atoms with Crippen LogP contribution in [0, 0.1) is 11.3 Å². The molecule has 5 nitrogen and oxygen atoms in total. The number of hydrogen-bond donors (Lipinski definition) is 0. The van der Waals surface area contributed by atoms with Gasteiger partial charge in [0, 0.05) is 12.6 Å². The standard InChI is InChI=1S/C35H53N3O2.ClH/c1-5-6-7-8-9-10-11-12-13-18-27-35(29-36,32-22-15-17-24-34(32)40-4)28-19-21-31(38-37-2)26-25-30-20-14-16-23-33(30)39-3;/h14-17,20,22-24,31H,5-13,18-19,21,25-28H2,1-4H3;1H. The molecular weight excluding hydrogens is 530 g/mol. The highest BCUT2D eigenvalue weighted by molar-refractivity contribution is 5.85. The first-order valence-electron chi connectivity index (χ1n) is 15.6. The van der Waals surface area contributed by atoms with E-state index in [0.29, 0.717) is 0 Å². The molecule has 0 aliphatic rings. The third kappa shape index (κ3) is 12.9. The van der Waals surface area contributed by atoms with Crippen molar-refractivity contribution in [3.8, 4) is 17.6 Å². The van der Waals surface area contributed by atoms with Gasteiger partial charge in [0.2, 0.25) is 0 Å². The summed E-state index contributed by atoms with van der Waals surface area (Å²) in [7, 11) is 5.17. The van der Waals surface area contributed by atoms with E-state index < -0.39 is 5.41 Å². The Balaban J connectivity index is 0.00000840. The molecule has 0 N–H and O–H groups in total. The van der Waals surface area contributed by atoms with Crippen LogP contribution in [0.5, 0.6) is 11.5 Å². The third-order valence-corrected chi connectivity index (χ3v) is 8.15. The van der Waals surface area contributed by atoms with E-state index in [1.54, 1.807) is 21.3 Å².